The molecule has 0 saturated carbocycles. The molecule has 2 aromatic heterocycles. The average Bonchev–Trinajstić information content (AvgIpc) is 3.28. The van der Waals surface area contributed by atoms with Gasteiger partial charge in [0.2, 0.25) is 0 Å². The van der Waals surface area contributed by atoms with E-state index in [0.29, 0.717) is 0 Å². The summed E-state index contributed by atoms with van der Waals surface area (Å²) in [5, 5.41) is 10.4. The number of rotatable bonds is 2. The SMILES string of the molecule is c1ccc(-n2c3ccccc3c3cc(-n4ccnn4)ccc32)cc1. The second-order valence-corrected chi connectivity index (χ2v) is 5.74. The zero-order chi connectivity index (χ0) is 15.9. The number of benzene rings is 3. The largest absolute Gasteiger partial charge is 0.309 e. The highest BCUT2D eigenvalue weighted by Gasteiger charge is 2.12. The fourth-order valence-electron chi connectivity index (χ4n) is 3.30. The summed E-state index contributed by atoms with van der Waals surface area (Å²) in [6.45, 7) is 0. The van der Waals surface area contributed by atoms with Crippen molar-refractivity contribution in [2.24, 2.45) is 0 Å². The van der Waals surface area contributed by atoms with Gasteiger partial charge in [0.25, 0.3) is 0 Å². The predicted molar refractivity (Wildman–Crippen MR) is 95.7 cm³/mol. The molecule has 0 aliphatic heterocycles. The first-order valence-corrected chi connectivity index (χ1v) is 7.87. The molecule has 3 aromatic carbocycles. The van der Waals surface area contributed by atoms with Crippen LogP contribution in [0, 0.1) is 0 Å². The second-order valence-electron chi connectivity index (χ2n) is 5.74. The lowest BCUT2D eigenvalue weighted by molar-refractivity contribution is 0.804. The minimum absolute atomic E-state index is 1.01. The highest BCUT2D eigenvalue weighted by molar-refractivity contribution is 6.09. The monoisotopic (exact) mass is 310 g/mol. The zero-order valence-electron chi connectivity index (χ0n) is 12.9. The number of aromatic nitrogens is 4. The molecule has 5 aromatic rings. The van der Waals surface area contributed by atoms with Crippen LogP contribution in [0.5, 0.6) is 0 Å². The topological polar surface area (TPSA) is 35.6 Å². The first kappa shape index (κ1) is 13.1. The molecule has 24 heavy (non-hydrogen) atoms. The van der Waals surface area contributed by atoms with E-state index in [-0.39, 0.29) is 0 Å². The van der Waals surface area contributed by atoms with Crippen molar-refractivity contribution in [1.29, 1.82) is 0 Å². The summed E-state index contributed by atoms with van der Waals surface area (Å²) in [7, 11) is 0. The Labute approximate surface area is 138 Å². The van der Waals surface area contributed by atoms with Crippen molar-refractivity contribution in [1.82, 2.24) is 19.6 Å². The molecule has 0 radical (unpaired) electrons. The molecule has 114 valence electrons. The molecule has 4 heteroatoms. The number of hydrogen-bond donors (Lipinski definition) is 0. The van der Waals surface area contributed by atoms with E-state index in [0.717, 1.165) is 11.4 Å². The number of para-hydroxylation sites is 2. The molecule has 4 nitrogen and oxygen atoms in total. The molecule has 2 heterocycles. The first-order chi connectivity index (χ1) is 11.9. The lowest BCUT2D eigenvalue weighted by Gasteiger charge is -2.07. The van der Waals surface area contributed by atoms with E-state index in [4.69, 9.17) is 0 Å². The van der Waals surface area contributed by atoms with Crippen LogP contribution in [0.25, 0.3) is 33.2 Å². The Morgan fingerprint density at radius 1 is 0.667 bits per heavy atom. The van der Waals surface area contributed by atoms with Crippen LogP contribution in [0.2, 0.25) is 0 Å². The maximum absolute atomic E-state index is 4.10. The van der Waals surface area contributed by atoms with Crippen molar-refractivity contribution in [3.05, 3.63) is 85.2 Å². The Kier molecular flexibility index (Phi) is 2.76. The van der Waals surface area contributed by atoms with Gasteiger partial charge in [-0.15, -0.1) is 5.10 Å². The lowest BCUT2D eigenvalue weighted by atomic mass is 10.1. The smallest absolute Gasteiger partial charge is 0.0697 e. The van der Waals surface area contributed by atoms with Crippen LogP contribution in [-0.2, 0) is 0 Å². The van der Waals surface area contributed by atoms with Gasteiger partial charge in [0, 0.05) is 16.5 Å². The normalized spacial score (nSPS) is 11.3. The lowest BCUT2D eigenvalue weighted by Crippen LogP contribution is -1.96. The van der Waals surface area contributed by atoms with E-state index in [1.807, 2.05) is 12.3 Å². The predicted octanol–water partition coefficient (Wildman–Crippen LogP) is 4.36. The summed E-state index contributed by atoms with van der Waals surface area (Å²) in [5.74, 6) is 0. The molecule has 0 N–H and O–H groups in total. The molecule has 0 aliphatic rings. The van der Waals surface area contributed by atoms with Gasteiger partial charge in [0.15, 0.2) is 0 Å². The Bertz CT molecular complexity index is 1140. The van der Waals surface area contributed by atoms with E-state index < -0.39 is 0 Å². The van der Waals surface area contributed by atoms with Crippen molar-refractivity contribution in [3.8, 4) is 11.4 Å². The summed E-state index contributed by atoms with van der Waals surface area (Å²) in [4.78, 5) is 0. The molecule has 0 saturated heterocycles. The average molecular weight is 310 g/mol. The minimum Gasteiger partial charge on any atom is -0.309 e. The van der Waals surface area contributed by atoms with E-state index >= 15 is 0 Å². The molecule has 0 aliphatic carbocycles. The van der Waals surface area contributed by atoms with Crippen molar-refractivity contribution >= 4 is 21.8 Å². The highest BCUT2D eigenvalue weighted by Crippen LogP contribution is 2.32. The second kappa shape index (κ2) is 5.06. The summed E-state index contributed by atoms with van der Waals surface area (Å²) < 4.78 is 4.09. The van der Waals surface area contributed by atoms with Crippen LogP contribution in [0.4, 0.5) is 0 Å². The van der Waals surface area contributed by atoms with Crippen molar-refractivity contribution in [2.75, 3.05) is 0 Å². The molecule has 0 fully saturated rings. The third-order valence-electron chi connectivity index (χ3n) is 4.36. The summed E-state index contributed by atoms with van der Waals surface area (Å²) in [5.41, 5.74) is 4.56. The molecule has 0 unspecified atom stereocenters. The third kappa shape index (κ3) is 1.86. The molecular weight excluding hydrogens is 296 g/mol. The van der Waals surface area contributed by atoms with Crippen molar-refractivity contribution < 1.29 is 0 Å². The molecule has 0 spiro atoms. The van der Waals surface area contributed by atoms with Crippen LogP contribution >= 0.6 is 0 Å². The molecule has 0 amide bonds. The van der Waals surface area contributed by atoms with Gasteiger partial charge in [0.05, 0.1) is 29.1 Å². The van der Waals surface area contributed by atoms with E-state index in [1.54, 1.807) is 10.9 Å². The van der Waals surface area contributed by atoms with E-state index in [2.05, 4.69) is 81.6 Å². The fraction of sp³-hybridized carbons (Fsp3) is 0. The van der Waals surface area contributed by atoms with Crippen LogP contribution in [0.15, 0.2) is 85.2 Å². The number of hydrogen-bond acceptors (Lipinski definition) is 2. The number of nitrogens with zero attached hydrogens (tertiary/aromatic N) is 4. The Morgan fingerprint density at radius 3 is 2.29 bits per heavy atom. The molecule has 0 atom stereocenters. The first-order valence-electron chi connectivity index (χ1n) is 7.87. The van der Waals surface area contributed by atoms with E-state index in [9.17, 15) is 0 Å². The zero-order valence-corrected chi connectivity index (χ0v) is 12.9. The minimum atomic E-state index is 1.01. The van der Waals surface area contributed by atoms with Crippen LogP contribution in [0.1, 0.15) is 0 Å². The maximum atomic E-state index is 4.10. The highest BCUT2D eigenvalue weighted by atomic mass is 15.4. The van der Waals surface area contributed by atoms with Gasteiger partial charge in [0.1, 0.15) is 0 Å². The van der Waals surface area contributed by atoms with Gasteiger partial charge in [-0.2, -0.15) is 0 Å². The Morgan fingerprint density at radius 2 is 1.46 bits per heavy atom. The Hall–Kier alpha value is -3.40. The maximum Gasteiger partial charge on any atom is 0.0697 e. The summed E-state index contributed by atoms with van der Waals surface area (Å²) in [6, 6.07) is 25.4. The van der Waals surface area contributed by atoms with Crippen LogP contribution < -0.4 is 0 Å². The van der Waals surface area contributed by atoms with Gasteiger partial charge in [-0.05, 0) is 36.4 Å². The third-order valence-corrected chi connectivity index (χ3v) is 4.36. The van der Waals surface area contributed by atoms with Crippen molar-refractivity contribution in [3.63, 3.8) is 0 Å². The standard InChI is InChI=1S/C20H14N4/c1-2-6-15(7-3-1)24-19-9-5-4-8-17(19)18-14-16(10-11-20(18)24)23-13-12-21-22-23/h1-14H. The van der Waals surface area contributed by atoms with Crippen molar-refractivity contribution in [2.45, 2.75) is 0 Å². The van der Waals surface area contributed by atoms with Crippen LogP contribution in [-0.4, -0.2) is 19.6 Å². The van der Waals surface area contributed by atoms with E-state index in [1.165, 1.54) is 21.8 Å². The quantitative estimate of drug-likeness (QED) is 0.485. The van der Waals surface area contributed by atoms with Gasteiger partial charge in [-0.3, -0.25) is 0 Å². The summed E-state index contributed by atoms with van der Waals surface area (Å²) >= 11 is 0. The van der Waals surface area contributed by atoms with Gasteiger partial charge in [-0.25, -0.2) is 4.68 Å². The van der Waals surface area contributed by atoms with Gasteiger partial charge in [-0.1, -0.05) is 41.6 Å². The Balaban J connectivity index is 1.89. The number of fused-ring (bicyclic) bond motifs is 3. The summed E-state index contributed by atoms with van der Waals surface area (Å²) in [6.07, 6.45) is 3.55. The van der Waals surface area contributed by atoms with Gasteiger partial charge < -0.3 is 4.57 Å². The van der Waals surface area contributed by atoms with Gasteiger partial charge >= 0.3 is 0 Å². The molecule has 5 rings (SSSR count). The molecular formula is C20H14N4. The fourth-order valence-corrected chi connectivity index (χ4v) is 3.30. The molecule has 0 bridgehead atoms. The van der Waals surface area contributed by atoms with Crippen LogP contribution in [0.3, 0.4) is 0 Å².